The van der Waals surface area contributed by atoms with Gasteiger partial charge < -0.3 is 9.15 Å². The second-order valence-corrected chi connectivity index (χ2v) is 10.6. The molecule has 0 saturated carbocycles. The first-order valence-corrected chi connectivity index (χ1v) is 12.9. The Labute approximate surface area is 200 Å². The Balaban J connectivity index is 1.90. The lowest BCUT2D eigenvalue weighted by atomic mass is 10.0. The number of nitrogens with one attached hydrogen (secondary N) is 1. The number of sulfonamides is 1. The third-order valence-electron chi connectivity index (χ3n) is 5.74. The normalized spacial score (nSPS) is 12.8. The number of rotatable bonds is 9. The van der Waals surface area contributed by atoms with Gasteiger partial charge in [0, 0.05) is 17.0 Å². The molecule has 0 aliphatic carbocycles. The summed E-state index contributed by atoms with van der Waals surface area (Å²) in [6, 6.07) is 10.2. The number of hydrogen-bond donors (Lipinski definition) is 1. The van der Waals surface area contributed by atoms with Crippen molar-refractivity contribution in [3.05, 3.63) is 69.6 Å². The number of carbonyl (C=O) groups excluding carboxylic acids is 1. The van der Waals surface area contributed by atoms with Crippen molar-refractivity contribution in [2.24, 2.45) is 5.92 Å². The first kappa shape index (κ1) is 25.6. The van der Waals surface area contributed by atoms with Crippen molar-refractivity contribution in [3.8, 4) is 5.75 Å². The minimum absolute atomic E-state index is 0.0693. The van der Waals surface area contributed by atoms with Crippen LogP contribution in [0.3, 0.4) is 0 Å². The zero-order valence-electron chi connectivity index (χ0n) is 20.2. The molecule has 0 saturated heterocycles. The average Bonchev–Trinajstić information content (AvgIpc) is 2.78. The predicted molar refractivity (Wildman–Crippen MR) is 132 cm³/mol. The molecule has 0 aliphatic heterocycles. The van der Waals surface area contributed by atoms with Gasteiger partial charge in [-0.05, 0) is 62.4 Å². The van der Waals surface area contributed by atoms with E-state index in [9.17, 15) is 18.0 Å². The summed E-state index contributed by atoms with van der Waals surface area (Å²) < 4.78 is 39.2. The minimum atomic E-state index is -3.93. The fourth-order valence-electron chi connectivity index (χ4n) is 3.67. The van der Waals surface area contributed by atoms with Crippen molar-refractivity contribution < 1.29 is 22.4 Å². The van der Waals surface area contributed by atoms with Gasteiger partial charge in [0.05, 0.1) is 4.90 Å². The standard InChI is InChI=1S/C26H31NO6S/c1-6-7-8-19-15-23(28)33-25-18(5)22(14-13-21(19)25)32-26(29)24(16(2)3)27-34(30,31)20-11-9-17(4)10-12-20/h9-16,24,27H,6-8H2,1-5H3/t24-/m0/s1. The molecule has 1 atom stereocenters. The number of ether oxygens (including phenoxy) is 1. The topological polar surface area (TPSA) is 103 Å². The van der Waals surface area contributed by atoms with Crippen LogP contribution in [0, 0.1) is 19.8 Å². The van der Waals surface area contributed by atoms with Crippen LogP contribution in [0.5, 0.6) is 5.75 Å². The third-order valence-corrected chi connectivity index (χ3v) is 7.20. The molecule has 34 heavy (non-hydrogen) atoms. The number of fused-ring (bicyclic) bond motifs is 1. The highest BCUT2D eigenvalue weighted by molar-refractivity contribution is 7.89. The smallest absolute Gasteiger partial charge is 0.336 e. The lowest BCUT2D eigenvalue weighted by Gasteiger charge is -2.21. The molecule has 182 valence electrons. The molecule has 1 heterocycles. The highest BCUT2D eigenvalue weighted by Gasteiger charge is 2.30. The molecule has 8 heteroatoms. The lowest BCUT2D eigenvalue weighted by Crippen LogP contribution is -2.46. The third kappa shape index (κ3) is 5.74. The van der Waals surface area contributed by atoms with Gasteiger partial charge in [0.1, 0.15) is 17.4 Å². The molecule has 0 unspecified atom stereocenters. The van der Waals surface area contributed by atoms with E-state index < -0.39 is 27.7 Å². The number of carbonyl (C=O) groups is 1. The van der Waals surface area contributed by atoms with E-state index in [2.05, 4.69) is 11.6 Å². The molecule has 0 amide bonds. The summed E-state index contributed by atoms with van der Waals surface area (Å²) >= 11 is 0. The SMILES string of the molecule is CCCCc1cc(=O)oc2c(C)c(OC(=O)[C@@H](NS(=O)(=O)c3ccc(C)cc3)C(C)C)ccc12. The molecule has 0 spiro atoms. The first-order chi connectivity index (χ1) is 16.0. The van der Waals surface area contributed by atoms with E-state index in [1.54, 1.807) is 45.0 Å². The maximum absolute atomic E-state index is 13.0. The summed E-state index contributed by atoms with van der Waals surface area (Å²) in [4.78, 5) is 25.2. The molecule has 1 N–H and O–H groups in total. The Kier molecular flexibility index (Phi) is 7.94. The van der Waals surface area contributed by atoms with E-state index in [-0.39, 0.29) is 16.6 Å². The van der Waals surface area contributed by atoms with Crippen molar-refractivity contribution in [3.63, 3.8) is 0 Å². The van der Waals surface area contributed by atoms with Gasteiger partial charge in [0.15, 0.2) is 0 Å². The van der Waals surface area contributed by atoms with E-state index in [1.165, 1.54) is 18.2 Å². The van der Waals surface area contributed by atoms with Gasteiger partial charge in [-0.25, -0.2) is 18.0 Å². The molecule has 0 bridgehead atoms. The fraction of sp³-hybridized carbons (Fsp3) is 0.385. The molecular formula is C26H31NO6S. The quantitative estimate of drug-likeness (QED) is 0.269. The number of unbranched alkanes of at least 4 members (excludes halogenated alkanes) is 1. The molecule has 7 nitrogen and oxygen atoms in total. The predicted octanol–water partition coefficient (Wildman–Crippen LogP) is 4.66. The summed E-state index contributed by atoms with van der Waals surface area (Å²) in [5, 5.41) is 0.797. The molecule has 3 rings (SSSR count). The van der Waals surface area contributed by atoms with Gasteiger partial charge in [-0.3, -0.25) is 0 Å². The van der Waals surface area contributed by atoms with Crippen LogP contribution in [0.25, 0.3) is 11.0 Å². The van der Waals surface area contributed by atoms with Gasteiger partial charge in [-0.1, -0.05) is 44.9 Å². The first-order valence-electron chi connectivity index (χ1n) is 11.4. The molecule has 0 radical (unpaired) electrons. The van der Waals surface area contributed by atoms with Crippen LogP contribution in [0.2, 0.25) is 0 Å². The maximum Gasteiger partial charge on any atom is 0.336 e. The molecule has 0 fully saturated rings. The minimum Gasteiger partial charge on any atom is -0.425 e. The average molecular weight is 486 g/mol. The Morgan fingerprint density at radius 3 is 2.38 bits per heavy atom. The highest BCUT2D eigenvalue weighted by atomic mass is 32.2. The zero-order valence-corrected chi connectivity index (χ0v) is 21.0. The summed E-state index contributed by atoms with van der Waals surface area (Å²) in [5.74, 6) is -0.891. The summed E-state index contributed by atoms with van der Waals surface area (Å²) in [6.45, 7) is 9.11. The number of aryl methyl sites for hydroxylation is 3. The van der Waals surface area contributed by atoms with Gasteiger partial charge in [-0.15, -0.1) is 0 Å². The Morgan fingerprint density at radius 1 is 1.09 bits per heavy atom. The largest absolute Gasteiger partial charge is 0.425 e. The summed E-state index contributed by atoms with van der Waals surface area (Å²) in [5.41, 5.74) is 2.22. The van der Waals surface area contributed by atoms with E-state index in [0.29, 0.717) is 11.1 Å². The second-order valence-electron chi connectivity index (χ2n) is 8.84. The van der Waals surface area contributed by atoms with Crippen molar-refractivity contribution >= 4 is 27.0 Å². The van der Waals surface area contributed by atoms with E-state index >= 15 is 0 Å². The van der Waals surface area contributed by atoms with E-state index in [0.717, 1.165) is 35.8 Å². The Bertz CT molecular complexity index is 1340. The maximum atomic E-state index is 13.0. The summed E-state index contributed by atoms with van der Waals surface area (Å²) in [6.07, 6.45) is 2.67. The molecule has 1 aromatic heterocycles. The number of esters is 1. The molecule has 3 aromatic rings. The monoisotopic (exact) mass is 485 g/mol. The number of hydrogen-bond acceptors (Lipinski definition) is 6. The van der Waals surface area contributed by atoms with Crippen LogP contribution in [-0.2, 0) is 21.2 Å². The van der Waals surface area contributed by atoms with Crippen LogP contribution in [0.15, 0.2) is 56.6 Å². The zero-order chi connectivity index (χ0) is 25.0. The van der Waals surface area contributed by atoms with Crippen LogP contribution >= 0.6 is 0 Å². The van der Waals surface area contributed by atoms with E-state index in [1.807, 2.05) is 6.92 Å². The highest BCUT2D eigenvalue weighted by Crippen LogP contribution is 2.29. The van der Waals surface area contributed by atoms with Gasteiger partial charge >= 0.3 is 11.6 Å². The molecule has 0 aliphatic rings. The van der Waals surface area contributed by atoms with Gasteiger partial charge in [0.25, 0.3) is 0 Å². The van der Waals surface area contributed by atoms with Crippen molar-refractivity contribution in [1.82, 2.24) is 4.72 Å². The van der Waals surface area contributed by atoms with Gasteiger partial charge in [-0.2, -0.15) is 4.72 Å². The fourth-order valence-corrected chi connectivity index (χ4v) is 5.01. The second kappa shape index (κ2) is 10.5. The van der Waals surface area contributed by atoms with Crippen LogP contribution < -0.4 is 15.1 Å². The summed E-state index contributed by atoms with van der Waals surface area (Å²) in [7, 11) is -3.93. The van der Waals surface area contributed by atoms with Crippen molar-refractivity contribution in [2.45, 2.75) is 64.8 Å². The lowest BCUT2D eigenvalue weighted by molar-refractivity contribution is -0.137. The molecular weight excluding hydrogens is 454 g/mol. The van der Waals surface area contributed by atoms with Crippen molar-refractivity contribution in [2.75, 3.05) is 0 Å². The van der Waals surface area contributed by atoms with E-state index in [4.69, 9.17) is 9.15 Å². The van der Waals surface area contributed by atoms with Crippen molar-refractivity contribution in [1.29, 1.82) is 0 Å². The van der Waals surface area contributed by atoms with Gasteiger partial charge in [0.2, 0.25) is 10.0 Å². The number of benzene rings is 2. The van der Waals surface area contributed by atoms with Crippen LogP contribution in [0.4, 0.5) is 0 Å². The Hall–Kier alpha value is -2.97. The Morgan fingerprint density at radius 2 is 1.76 bits per heavy atom. The van der Waals surface area contributed by atoms with Crippen LogP contribution in [-0.4, -0.2) is 20.4 Å². The molecule has 2 aromatic carbocycles. The van der Waals surface area contributed by atoms with Crippen LogP contribution in [0.1, 0.15) is 50.3 Å².